The van der Waals surface area contributed by atoms with Gasteiger partial charge >= 0.3 is 12.1 Å². The number of rotatable bonds is 1. The Labute approximate surface area is 69.4 Å². The molecule has 13 heavy (non-hydrogen) atoms. The number of hydrogen-bond donors (Lipinski definition) is 0. The van der Waals surface area contributed by atoms with Crippen LogP contribution in [0.5, 0.6) is 0 Å². The van der Waals surface area contributed by atoms with E-state index in [0.717, 1.165) is 6.07 Å². The van der Waals surface area contributed by atoms with Crippen molar-refractivity contribution in [3.8, 4) is 0 Å². The SMILES string of the molecule is FC(F)(F)C(F)(F)c1cc[c]nn1. The Balaban J connectivity index is 3.08. The van der Waals surface area contributed by atoms with E-state index >= 15 is 0 Å². The molecule has 1 radical (unpaired) electrons. The lowest BCUT2D eigenvalue weighted by Crippen LogP contribution is -2.34. The molecule has 0 bridgehead atoms. The van der Waals surface area contributed by atoms with E-state index in [1.54, 1.807) is 0 Å². The first-order valence-electron chi connectivity index (χ1n) is 3.00. The molecule has 0 N–H and O–H groups in total. The lowest BCUT2D eigenvalue weighted by molar-refractivity contribution is -0.291. The van der Waals surface area contributed by atoms with Crippen LogP contribution in [0.3, 0.4) is 0 Å². The van der Waals surface area contributed by atoms with E-state index < -0.39 is 17.8 Å². The van der Waals surface area contributed by atoms with E-state index in [0.29, 0.717) is 6.07 Å². The molecule has 0 spiro atoms. The molecule has 0 aliphatic heterocycles. The van der Waals surface area contributed by atoms with Crippen molar-refractivity contribution >= 4 is 0 Å². The highest BCUT2D eigenvalue weighted by molar-refractivity contribution is 5.08. The minimum Gasteiger partial charge on any atom is -0.189 e. The van der Waals surface area contributed by atoms with Gasteiger partial charge in [0.25, 0.3) is 0 Å². The van der Waals surface area contributed by atoms with Gasteiger partial charge in [-0.2, -0.15) is 22.0 Å². The second-order valence-electron chi connectivity index (χ2n) is 2.12. The quantitative estimate of drug-likeness (QED) is 0.643. The summed E-state index contributed by atoms with van der Waals surface area (Å²) in [6.07, 6.45) is -3.66. The molecule has 0 fully saturated rings. The van der Waals surface area contributed by atoms with Crippen LogP contribution in [0.1, 0.15) is 5.69 Å². The average molecular weight is 197 g/mol. The number of aromatic nitrogens is 2. The van der Waals surface area contributed by atoms with Crippen LogP contribution in [0.2, 0.25) is 0 Å². The molecule has 2 nitrogen and oxygen atoms in total. The largest absolute Gasteiger partial charge is 0.459 e. The van der Waals surface area contributed by atoms with E-state index in [9.17, 15) is 22.0 Å². The third-order valence-electron chi connectivity index (χ3n) is 1.21. The maximum atomic E-state index is 12.4. The lowest BCUT2D eigenvalue weighted by atomic mass is 10.2. The minimum absolute atomic E-state index is 0.514. The smallest absolute Gasteiger partial charge is 0.189 e. The monoisotopic (exact) mass is 197 g/mol. The molecule has 1 aromatic heterocycles. The molecule has 0 aliphatic rings. The van der Waals surface area contributed by atoms with Gasteiger partial charge in [-0.15, -0.1) is 10.2 Å². The van der Waals surface area contributed by atoms with E-state index in [4.69, 9.17) is 0 Å². The molecule has 0 saturated carbocycles. The van der Waals surface area contributed by atoms with Gasteiger partial charge in [-0.05, 0) is 12.1 Å². The van der Waals surface area contributed by atoms with E-state index in [-0.39, 0.29) is 0 Å². The normalized spacial score (nSPS) is 13.0. The highest BCUT2D eigenvalue weighted by atomic mass is 19.4. The highest BCUT2D eigenvalue weighted by Gasteiger charge is 2.60. The van der Waals surface area contributed by atoms with Gasteiger partial charge in [0.05, 0.1) is 0 Å². The summed E-state index contributed by atoms with van der Waals surface area (Å²) < 4.78 is 59.9. The van der Waals surface area contributed by atoms with E-state index in [2.05, 4.69) is 10.2 Å². The van der Waals surface area contributed by atoms with Gasteiger partial charge in [0.15, 0.2) is 0 Å². The summed E-state index contributed by atoms with van der Waals surface area (Å²) in [6.45, 7) is 0. The van der Waals surface area contributed by atoms with Crippen LogP contribution in [0.25, 0.3) is 0 Å². The third kappa shape index (κ3) is 1.73. The Kier molecular flexibility index (Phi) is 2.19. The molecule has 0 atom stereocenters. The van der Waals surface area contributed by atoms with Crippen LogP contribution in [0, 0.1) is 6.20 Å². The molecule has 1 aromatic rings. The van der Waals surface area contributed by atoms with Gasteiger partial charge in [0, 0.05) is 0 Å². The van der Waals surface area contributed by atoms with Gasteiger partial charge in [0.1, 0.15) is 11.9 Å². The number of hydrogen-bond acceptors (Lipinski definition) is 2. The molecular formula is C6H2F5N2. The molecule has 0 amide bonds. The standard InChI is InChI=1S/C6H2F5N2/c7-5(8,6(9,10)11)4-2-1-3-12-13-4/h1-2H. The third-order valence-corrected chi connectivity index (χ3v) is 1.21. The van der Waals surface area contributed by atoms with Crippen molar-refractivity contribution in [2.24, 2.45) is 0 Å². The first-order chi connectivity index (χ1) is 5.86. The van der Waals surface area contributed by atoms with Crippen molar-refractivity contribution in [3.63, 3.8) is 0 Å². The molecule has 1 heterocycles. The van der Waals surface area contributed by atoms with Gasteiger partial charge < -0.3 is 0 Å². The van der Waals surface area contributed by atoms with E-state index in [1.165, 1.54) is 0 Å². The first kappa shape index (κ1) is 9.82. The fraction of sp³-hybridized carbons (Fsp3) is 0.333. The van der Waals surface area contributed by atoms with Crippen molar-refractivity contribution in [2.45, 2.75) is 12.1 Å². The molecule has 0 unspecified atom stereocenters. The van der Waals surface area contributed by atoms with Gasteiger partial charge in [-0.3, -0.25) is 0 Å². The zero-order valence-corrected chi connectivity index (χ0v) is 5.94. The van der Waals surface area contributed by atoms with Crippen LogP contribution in [-0.2, 0) is 5.92 Å². The number of nitrogens with zero attached hydrogens (tertiary/aromatic N) is 2. The summed E-state index contributed by atoms with van der Waals surface area (Å²) in [4.78, 5) is 0. The summed E-state index contributed by atoms with van der Waals surface area (Å²) in [6, 6.07) is 1.35. The van der Waals surface area contributed by atoms with Gasteiger partial charge in [-0.25, -0.2) is 0 Å². The van der Waals surface area contributed by atoms with Crippen LogP contribution in [0.4, 0.5) is 22.0 Å². The van der Waals surface area contributed by atoms with Gasteiger partial charge in [-0.1, -0.05) is 0 Å². The predicted molar refractivity (Wildman–Crippen MR) is 30.8 cm³/mol. The zero-order valence-electron chi connectivity index (χ0n) is 5.94. The van der Waals surface area contributed by atoms with Crippen molar-refractivity contribution in [2.75, 3.05) is 0 Å². The summed E-state index contributed by atoms with van der Waals surface area (Å²) >= 11 is 0. The summed E-state index contributed by atoms with van der Waals surface area (Å²) in [5.74, 6) is -4.96. The van der Waals surface area contributed by atoms with Crippen molar-refractivity contribution in [1.82, 2.24) is 10.2 Å². The van der Waals surface area contributed by atoms with Crippen molar-refractivity contribution in [3.05, 3.63) is 24.0 Å². The Morgan fingerprint density at radius 2 is 1.77 bits per heavy atom. The molecule has 7 heteroatoms. The molecule has 0 aromatic carbocycles. The number of halogens is 5. The van der Waals surface area contributed by atoms with Crippen LogP contribution < -0.4 is 0 Å². The number of alkyl halides is 5. The van der Waals surface area contributed by atoms with E-state index in [1.807, 2.05) is 6.20 Å². The average Bonchev–Trinajstić information content (AvgIpc) is 2.04. The summed E-state index contributed by atoms with van der Waals surface area (Å²) in [5.41, 5.74) is -1.43. The molecule has 0 saturated heterocycles. The summed E-state index contributed by atoms with van der Waals surface area (Å²) in [5, 5.41) is 5.45. The second kappa shape index (κ2) is 2.90. The van der Waals surface area contributed by atoms with Crippen LogP contribution in [-0.4, -0.2) is 16.4 Å². The second-order valence-corrected chi connectivity index (χ2v) is 2.12. The fourth-order valence-electron chi connectivity index (χ4n) is 0.578. The molecular weight excluding hydrogens is 195 g/mol. The van der Waals surface area contributed by atoms with Crippen molar-refractivity contribution in [1.29, 1.82) is 0 Å². The van der Waals surface area contributed by atoms with Crippen molar-refractivity contribution < 1.29 is 22.0 Å². The van der Waals surface area contributed by atoms with Crippen LogP contribution >= 0.6 is 0 Å². The van der Waals surface area contributed by atoms with Crippen LogP contribution in [0.15, 0.2) is 12.1 Å². The lowest BCUT2D eigenvalue weighted by Gasteiger charge is -2.17. The molecule has 71 valence electrons. The summed E-state index contributed by atoms with van der Waals surface area (Å²) in [7, 11) is 0. The minimum atomic E-state index is -5.65. The Morgan fingerprint density at radius 3 is 2.15 bits per heavy atom. The molecule has 1 rings (SSSR count). The zero-order chi connectivity index (χ0) is 10.1. The predicted octanol–water partition coefficient (Wildman–Crippen LogP) is 1.93. The topological polar surface area (TPSA) is 25.8 Å². The highest BCUT2D eigenvalue weighted by Crippen LogP contribution is 2.42. The maximum absolute atomic E-state index is 12.4. The Bertz CT molecular complexity index is 281. The Hall–Kier alpha value is -1.27. The maximum Gasteiger partial charge on any atom is 0.459 e. The fourth-order valence-corrected chi connectivity index (χ4v) is 0.578. The molecule has 0 aliphatic carbocycles. The first-order valence-corrected chi connectivity index (χ1v) is 3.00. The van der Waals surface area contributed by atoms with Gasteiger partial charge in [0.2, 0.25) is 0 Å². The Morgan fingerprint density at radius 1 is 1.15 bits per heavy atom.